The highest BCUT2D eigenvalue weighted by molar-refractivity contribution is 9.10. The number of H-pyrrole nitrogens is 1. The SMILES string of the molecule is COC1=CC(=O)c2c(O)c3c(c(O)c2C1=O)C(=O)[C@]1(CCc2c1c(O)c1c(=O)[nH]c(C=NOC(C)C)cc1c2Br)C3=O. The highest BCUT2D eigenvalue weighted by Crippen LogP contribution is 2.58. The summed E-state index contributed by atoms with van der Waals surface area (Å²) in [7, 11) is 1.13. The first-order valence-corrected chi connectivity index (χ1v) is 13.5. The molecule has 0 bridgehead atoms. The third-order valence-electron chi connectivity index (χ3n) is 7.83. The number of nitrogens with zero attached hydrogens (tertiary/aromatic N) is 1. The summed E-state index contributed by atoms with van der Waals surface area (Å²) in [4.78, 5) is 74.9. The van der Waals surface area contributed by atoms with Crippen molar-refractivity contribution < 1.29 is 44.1 Å². The van der Waals surface area contributed by atoms with Gasteiger partial charge in [0.25, 0.3) is 5.56 Å². The number of ether oxygens (including phenoxy) is 1. The van der Waals surface area contributed by atoms with Crippen molar-refractivity contribution in [2.75, 3.05) is 7.11 Å². The van der Waals surface area contributed by atoms with Gasteiger partial charge in [-0.15, -0.1) is 0 Å². The standard InChI is InChI=1S/C29H21BrN2O10/c1-9(2)42-31-8-10-6-12-15(28(40)32-10)25(37)20-11(21(12)30)4-5-29(20)26(38)18-19(27(29)39)24(36)17-16(23(18)35)13(33)7-14(41-3)22(17)34/h6-9,35-37H,4-5H2,1-3H3,(H,32,40)/t29-/m0/s1. The van der Waals surface area contributed by atoms with Crippen molar-refractivity contribution in [3.8, 4) is 17.2 Å². The van der Waals surface area contributed by atoms with Crippen LogP contribution in [-0.4, -0.2) is 62.9 Å². The minimum Gasteiger partial charge on any atom is -0.507 e. The number of Topliss-reactive ketones (excluding diaryl/α,β-unsaturated/α-hetero) is 3. The van der Waals surface area contributed by atoms with E-state index < -0.39 is 79.4 Å². The molecule has 1 aromatic heterocycles. The predicted octanol–water partition coefficient (Wildman–Crippen LogP) is 3.34. The van der Waals surface area contributed by atoms with E-state index in [2.05, 4.69) is 26.1 Å². The number of aromatic amines is 1. The van der Waals surface area contributed by atoms with Gasteiger partial charge in [-0.1, -0.05) is 5.16 Å². The number of halogens is 1. The molecule has 6 rings (SSSR count). The Morgan fingerprint density at radius 1 is 1.00 bits per heavy atom. The number of benzene rings is 2. The molecule has 0 saturated heterocycles. The number of methoxy groups -OCH3 is 1. The Balaban J connectivity index is 1.59. The maximum absolute atomic E-state index is 14.1. The molecular formula is C29H21BrN2O10. The highest BCUT2D eigenvalue weighted by atomic mass is 79.9. The molecule has 3 aliphatic carbocycles. The van der Waals surface area contributed by atoms with E-state index in [1.54, 1.807) is 13.8 Å². The molecule has 1 heterocycles. The number of hydrogen-bond acceptors (Lipinski definition) is 11. The normalized spacial score (nSPS) is 19.2. The molecule has 0 amide bonds. The van der Waals surface area contributed by atoms with Crippen molar-refractivity contribution in [3.63, 3.8) is 0 Å². The lowest BCUT2D eigenvalue weighted by Crippen LogP contribution is -2.36. The van der Waals surface area contributed by atoms with Crippen LogP contribution in [0.5, 0.6) is 17.2 Å². The number of fused-ring (bicyclic) bond motifs is 5. The van der Waals surface area contributed by atoms with Crippen molar-refractivity contribution in [1.29, 1.82) is 0 Å². The number of ketones is 4. The molecule has 0 saturated carbocycles. The van der Waals surface area contributed by atoms with Crippen LogP contribution in [0.15, 0.2) is 32.3 Å². The predicted molar refractivity (Wildman–Crippen MR) is 150 cm³/mol. The maximum atomic E-state index is 14.1. The van der Waals surface area contributed by atoms with Gasteiger partial charge in [0.1, 0.15) is 28.8 Å². The second-order valence-corrected chi connectivity index (χ2v) is 11.2. The number of phenolic OH excluding ortho intramolecular Hbond substituents is 3. The van der Waals surface area contributed by atoms with E-state index >= 15 is 0 Å². The fourth-order valence-electron chi connectivity index (χ4n) is 6.08. The van der Waals surface area contributed by atoms with E-state index in [-0.39, 0.29) is 41.0 Å². The second-order valence-electron chi connectivity index (χ2n) is 10.4. The van der Waals surface area contributed by atoms with Gasteiger partial charge < -0.3 is 29.9 Å². The molecule has 2 aromatic carbocycles. The van der Waals surface area contributed by atoms with Gasteiger partial charge in [-0.2, -0.15) is 0 Å². The Morgan fingerprint density at radius 3 is 2.26 bits per heavy atom. The lowest BCUT2D eigenvalue weighted by molar-refractivity contribution is 0.0790. The number of carbonyl (C=O) groups excluding carboxylic acids is 4. The molecule has 214 valence electrons. The van der Waals surface area contributed by atoms with Crippen LogP contribution in [0.25, 0.3) is 10.8 Å². The summed E-state index contributed by atoms with van der Waals surface area (Å²) in [6.07, 6.45) is 1.81. The van der Waals surface area contributed by atoms with Gasteiger partial charge in [-0.25, -0.2) is 0 Å². The summed E-state index contributed by atoms with van der Waals surface area (Å²) in [5, 5.41) is 37.6. The summed E-state index contributed by atoms with van der Waals surface area (Å²) < 4.78 is 5.26. The number of pyridine rings is 1. The fourth-order valence-corrected chi connectivity index (χ4v) is 6.79. The first kappa shape index (κ1) is 27.4. The van der Waals surface area contributed by atoms with Gasteiger partial charge >= 0.3 is 0 Å². The van der Waals surface area contributed by atoms with Crippen molar-refractivity contribution in [2.45, 2.75) is 38.2 Å². The number of carbonyl (C=O) groups is 4. The van der Waals surface area contributed by atoms with E-state index in [1.807, 2.05) is 0 Å². The third kappa shape index (κ3) is 3.33. The maximum Gasteiger partial charge on any atom is 0.260 e. The Morgan fingerprint density at radius 2 is 1.64 bits per heavy atom. The number of nitrogens with one attached hydrogen (secondary N) is 1. The Kier molecular flexibility index (Phi) is 5.94. The minimum atomic E-state index is -2.14. The summed E-state index contributed by atoms with van der Waals surface area (Å²) >= 11 is 3.47. The quantitative estimate of drug-likeness (QED) is 0.143. The first-order chi connectivity index (χ1) is 19.9. The average Bonchev–Trinajstić information content (AvgIpc) is 3.44. The zero-order valence-corrected chi connectivity index (χ0v) is 23.8. The number of rotatable bonds is 4. The smallest absolute Gasteiger partial charge is 0.260 e. The molecule has 42 heavy (non-hydrogen) atoms. The molecule has 13 heteroatoms. The summed E-state index contributed by atoms with van der Waals surface area (Å²) in [5.41, 5.74) is -5.00. The zero-order valence-electron chi connectivity index (χ0n) is 22.2. The zero-order chi connectivity index (χ0) is 30.4. The van der Waals surface area contributed by atoms with Crippen molar-refractivity contribution in [2.24, 2.45) is 5.16 Å². The molecule has 0 radical (unpaired) electrons. The number of phenols is 3. The van der Waals surface area contributed by atoms with Crippen molar-refractivity contribution >= 4 is 56.0 Å². The Hall–Kier alpha value is -4.78. The van der Waals surface area contributed by atoms with Crippen LogP contribution in [0.3, 0.4) is 0 Å². The number of aromatic nitrogens is 1. The molecule has 3 aromatic rings. The molecule has 0 unspecified atom stereocenters. The lowest BCUT2D eigenvalue weighted by atomic mass is 9.76. The highest BCUT2D eigenvalue weighted by Gasteiger charge is 2.62. The van der Waals surface area contributed by atoms with Crippen molar-refractivity contribution in [3.05, 3.63) is 71.8 Å². The molecular weight excluding hydrogens is 616 g/mol. The molecule has 3 aliphatic rings. The molecule has 1 atom stereocenters. The van der Waals surface area contributed by atoms with Crippen molar-refractivity contribution in [1.82, 2.24) is 4.98 Å². The Labute approximate surface area is 244 Å². The van der Waals surface area contributed by atoms with E-state index in [9.17, 15) is 39.3 Å². The molecule has 4 N–H and O–H groups in total. The number of oxime groups is 1. The number of aromatic hydroxyl groups is 3. The topological polar surface area (TPSA) is 193 Å². The van der Waals surface area contributed by atoms with E-state index in [0.29, 0.717) is 10.0 Å². The second kappa shape index (κ2) is 9.11. The van der Waals surface area contributed by atoms with Crippen LogP contribution in [0.2, 0.25) is 0 Å². The summed E-state index contributed by atoms with van der Waals surface area (Å²) in [6.45, 7) is 3.55. The first-order valence-electron chi connectivity index (χ1n) is 12.7. The molecule has 0 fully saturated rings. The van der Waals surface area contributed by atoms with Gasteiger partial charge in [0.2, 0.25) is 5.78 Å². The molecule has 0 aliphatic heterocycles. The largest absolute Gasteiger partial charge is 0.507 e. The number of allylic oxidation sites excluding steroid dienone is 2. The van der Waals surface area contributed by atoms with Gasteiger partial charge in [-0.3, -0.25) is 24.0 Å². The summed E-state index contributed by atoms with van der Waals surface area (Å²) in [6, 6.07) is 1.54. The minimum absolute atomic E-state index is 0.0893. The van der Waals surface area contributed by atoms with Crippen LogP contribution in [0, 0.1) is 0 Å². The van der Waals surface area contributed by atoms with E-state index in [0.717, 1.165) is 13.2 Å². The van der Waals surface area contributed by atoms with Crippen LogP contribution < -0.4 is 5.56 Å². The van der Waals surface area contributed by atoms with E-state index in [1.165, 1.54) is 12.3 Å². The van der Waals surface area contributed by atoms with Gasteiger partial charge in [0, 0.05) is 21.5 Å². The fraction of sp³-hybridized carbons (Fsp3) is 0.241. The van der Waals surface area contributed by atoms with Gasteiger partial charge in [0.05, 0.1) is 46.7 Å². The third-order valence-corrected chi connectivity index (χ3v) is 8.73. The monoisotopic (exact) mass is 636 g/mol. The molecule has 1 spiro atoms. The van der Waals surface area contributed by atoms with E-state index in [4.69, 9.17) is 9.57 Å². The summed E-state index contributed by atoms with van der Waals surface area (Å²) in [5.74, 6) is -6.78. The Bertz CT molecular complexity index is 1970. The van der Waals surface area contributed by atoms with Gasteiger partial charge in [-0.05, 0) is 54.2 Å². The van der Waals surface area contributed by atoms with Crippen LogP contribution in [-0.2, 0) is 21.4 Å². The van der Waals surface area contributed by atoms with Gasteiger partial charge in [0.15, 0.2) is 23.1 Å². The average molecular weight is 637 g/mol. The lowest BCUT2D eigenvalue weighted by Gasteiger charge is -2.23. The van der Waals surface area contributed by atoms with Crippen LogP contribution >= 0.6 is 15.9 Å². The van der Waals surface area contributed by atoms with Crippen LogP contribution in [0.1, 0.15) is 78.5 Å². The van der Waals surface area contributed by atoms with Crippen LogP contribution in [0.4, 0.5) is 0 Å². The number of hydrogen-bond donors (Lipinski definition) is 4. The molecule has 12 nitrogen and oxygen atoms in total.